The topological polar surface area (TPSA) is 80.1 Å². The number of methoxy groups -OCH3 is 1. The highest BCUT2D eigenvalue weighted by atomic mass is 16.5. The molecule has 3 amide bonds. The van der Waals surface area contributed by atoms with E-state index in [1.165, 1.54) is 16.1 Å². The number of likely N-dealkylation sites (tertiary alicyclic amines) is 1. The molecule has 1 aliphatic heterocycles. The molecule has 3 rings (SSSR count). The zero-order chi connectivity index (χ0) is 22.3. The van der Waals surface area contributed by atoms with Crippen molar-refractivity contribution in [1.82, 2.24) is 9.80 Å². The van der Waals surface area contributed by atoms with Crippen LogP contribution in [0.5, 0.6) is 0 Å². The number of carbonyl (C=O) groups excluding carboxylic acids is 3. The first-order valence-corrected chi connectivity index (χ1v) is 10.1. The highest BCUT2D eigenvalue weighted by Gasteiger charge is 2.53. The fourth-order valence-corrected chi connectivity index (χ4v) is 3.92. The molecule has 0 saturated carbocycles. The van der Waals surface area contributed by atoms with Crippen molar-refractivity contribution in [2.45, 2.75) is 31.2 Å². The second kappa shape index (κ2) is 10.1. The van der Waals surface area contributed by atoms with Crippen molar-refractivity contribution in [2.24, 2.45) is 0 Å². The van der Waals surface area contributed by atoms with Gasteiger partial charge in [0.2, 0.25) is 17.7 Å². The number of rotatable bonds is 10. The molecule has 162 valence electrons. The van der Waals surface area contributed by atoms with Crippen molar-refractivity contribution in [3.8, 4) is 12.3 Å². The van der Waals surface area contributed by atoms with Gasteiger partial charge in [0.05, 0.1) is 24.8 Å². The Hall–Kier alpha value is -3.37. The van der Waals surface area contributed by atoms with Gasteiger partial charge in [-0.15, -0.1) is 6.42 Å². The van der Waals surface area contributed by atoms with Gasteiger partial charge in [0, 0.05) is 33.1 Å². The van der Waals surface area contributed by atoms with E-state index in [1.54, 1.807) is 43.5 Å². The maximum atomic E-state index is 13.5. The zero-order valence-electron chi connectivity index (χ0n) is 17.6. The van der Waals surface area contributed by atoms with E-state index in [9.17, 15) is 14.4 Å². The molecule has 1 aliphatic rings. The Morgan fingerprint density at radius 2 is 2.03 bits per heavy atom. The third-order valence-electron chi connectivity index (χ3n) is 5.48. The van der Waals surface area contributed by atoms with Crippen LogP contribution < -0.4 is 0 Å². The Morgan fingerprint density at radius 3 is 2.68 bits per heavy atom. The molecule has 7 heteroatoms. The summed E-state index contributed by atoms with van der Waals surface area (Å²) in [5.41, 5.74) is -0.604. The molecule has 2 aromatic rings. The summed E-state index contributed by atoms with van der Waals surface area (Å²) in [6.07, 6.45) is 7.33. The molecule has 0 aliphatic carbocycles. The van der Waals surface area contributed by atoms with Crippen molar-refractivity contribution in [2.75, 3.05) is 26.8 Å². The van der Waals surface area contributed by atoms with Gasteiger partial charge in [-0.2, -0.15) is 0 Å². The number of hydrogen-bond donors (Lipinski definition) is 0. The average Bonchev–Trinajstić information content (AvgIpc) is 3.36. The summed E-state index contributed by atoms with van der Waals surface area (Å²) in [5.74, 6) is 2.13. The molecular weight excluding hydrogens is 396 g/mol. The normalized spacial score (nSPS) is 18.3. The number of furan rings is 1. The van der Waals surface area contributed by atoms with Crippen LogP contribution in [0.2, 0.25) is 0 Å². The zero-order valence-corrected chi connectivity index (χ0v) is 17.6. The van der Waals surface area contributed by atoms with Gasteiger partial charge in [-0.3, -0.25) is 19.3 Å². The monoisotopic (exact) mass is 422 g/mol. The van der Waals surface area contributed by atoms with Crippen LogP contribution in [0.15, 0.2) is 53.1 Å². The summed E-state index contributed by atoms with van der Waals surface area (Å²) in [7, 11) is 1.57. The molecular formula is C24H26N2O5. The van der Waals surface area contributed by atoms with Crippen LogP contribution in [0.4, 0.5) is 0 Å². The molecule has 0 bridgehead atoms. The van der Waals surface area contributed by atoms with E-state index in [4.69, 9.17) is 15.6 Å². The summed E-state index contributed by atoms with van der Waals surface area (Å²) in [4.78, 5) is 42.3. The summed E-state index contributed by atoms with van der Waals surface area (Å²) < 4.78 is 10.4. The lowest BCUT2D eigenvalue weighted by Crippen LogP contribution is -2.43. The van der Waals surface area contributed by atoms with Gasteiger partial charge in [-0.1, -0.05) is 36.3 Å². The third kappa shape index (κ3) is 4.86. The first-order valence-electron chi connectivity index (χ1n) is 10.1. The van der Waals surface area contributed by atoms with E-state index < -0.39 is 5.41 Å². The van der Waals surface area contributed by atoms with Gasteiger partial charge in [-0.05, 0) is 24.1 Å². The SMILES string of the molecule is C#CCN(Cc1ccco1)C(=O)CC1(c2ccccc2)CC(=O)N(CCCOC)C1=O. The number of benzene rings is 1. The largest absolute Gasteiger partial charge is 0.467 e. The molecule has 1 aromatic heterocycles. The van der Waals surface area contributed by atoms with Gasteiger partial charge in [0.25, 0.3) is 0 Å². The van der Waals surface area contributed by atoms with Crippen molar-refractivity contribution in [3.05, 3.63) is 60.1 Å². The molecule has 31 heavy (non-hydrogen) atoms. The number of nitrogens with zero attached hydrogens (tertiary/aromatic N) is 2. The second-order valence-corrected chi connectivity index (χ2v) is 7.53. The highest BCUT2D eigenvalue weighted by molar-refractivity contribution is 6.10. The predicted molar refractivity (Wildman–Crippen MR) is 114 cm³/mol. The minimum Gasteiger partial charge on any atom is -0.467 e. The van der Waals surface area contributed by atoms with Crippen LogP contribution in [-0.2, 0) is 31.1 Å². The molecule has 1 fully saturated rings. The van der Waals surface area contributed by atoms with Crippen LogP contribution in [0, 0.1) is 12.3 Å². The molecule has 7 nitrogen and oxygen atoms in total. The Kier molecular flexibility index (Phi) is 7.27. The molecule has 1 aromatic carbocycles. The van der Waals surface area contributed by atoms with Gasteiger partial charge >= 0.3 is 0 Å². The van der Waals surface area contributed by atoms with Crippen LogP contribution in [0.25, 0.3) is 0 Å². The lowest BCUT2D eigenvalue weighted by molar-refractivity contribution is -0.142. The van der Waals surface area contributed by atoms with Crippen LogP contribution >= 0.6 is 0 Å². The Morgan fingerprint density at radius 1 is 1.26 bits per heavy atom. The smallest absolute Gasteiger partial charge is 0.240 e. The second-order valence-electron chi connectivity index (χ2n) is 7.53. The summed E-state index contributed by atoms with van der Waals surface area (Å²) in [6.45, 7) is 0.965. The number of carbonyl (C=O) groups is 3. The molecule has 1 saturated heterocycles. The highest BCUT2D eigenvalue weighted by Crippen LogP contribution is 2.40. The van der Waals surface area contributed by atoms with Crippen molar-refractivity contribution in [3.63, 3.8) is 0 Å². The maximum Gasteiger partial charge on any atom is 0.240 e. The van der Waals surface area contributed by atoms with Crippen molar-refractivity contribution in [1.29, 1.82) is 0 Å². The van der Waals surface area contributed by atoms with Crippen LogP contribution in [-0.4, -0.2) is 54.3 Å². The van der Waals surface area contributed by atoms with Gasteiger partial charge in [-0.25, -0.2) is 0 Å². The average molecular weight is 422 g/mol. The number of imide groups is 1. The Balaban J connectivity index is 1.89. The molecule has 0 N–H and O–H groups in total. The fraction of sp³-hybridized carbons (Fsp3) is 0.375. The molecule has 1 atom stereocenters. The Bertz CT molecular complexity index is 948. The first kappa shape index (κ1) is 22.3. The molecule has 2 heterocycles. The number of ether oxygens (including phenoxy) is 1. The van der Waals surface area contributed by atoms with Crippen molar-refractivity contribution < 1.29 is 23.5 Å². The predicted octanol–water partition coefficient (Wildman–Crippen LogP) is 2.36. The number of terminal acetylenes is 1. The first-order chi connectivity index (χ1) is 15.0. The molecule has 0 radical (unpaired) electrons. The minimum atomic E-state index is -1.25. The quantitative estimate of drug-likeness (QED) is 0.334. The maximum absolute atomic E-state index is 13.5. The summed E-state index contributed by atoms with van der Waals surface area (Å²) in [6, 6.07) is 12.5. The number of hydrogen-bond acceptors (Lipinski definition) is 5. The van der Waals surface area contributed by atoms with Gasteiger partial charge in [0.1, 0.15) is 5.76 Å². The van der Waals surface area contributed by atoms with E-state index in [0.717, 1.165) is 0 Å². The van der Waals surface area contributed by atoms with E-state index in [-0.39, 0.29) is 50.2 Å². The third-order valence-corrected chi connectivity index (χ3v) is 5.48. The van der Waals surface area contributed by atoms with Crippen LogP contribution in [0.3, 0.4) is 0 Å². The molecule has 1 unspecified atom stereocenters. The Labute approximate surface area is 182 Å². The van der Waals surface area contributed by atoms with E-state index >= 15 is 0 Å². The fourth-order valence-electron chi connectivity index (χ4n) is 3.92. The standard InChI is InChI=1S/C24H26N2O5/c1-3-12-25(18-20-11-7-15-31-20)21(27)16-24(19-9-5-4-6-10-19)17-22(28)26(23(24)29)13-8-14-30-2/h1,4-7,9-11,15H,8,12-14,16-18H2,2H3. The lowest BCUT2D eigenvalue weighted by atomic mass is 9.75. The minimum absolute atomic E-state index is 0.0563. The number of amides is 3. The summed E-state index contributed by atoms with van der Waals surface area (Å²) in [5, 5.41) is 0. The van der Waals surface area contributed by atoms with E-state index in [2.05, 4.69) is 5.92 Å². The molecule has 0 spiro atoms. The van der Waals surface area contributed by atoms with Crippen LogP contribution in [0.1, 0.15) is 30.6 Å². The van der Waals surface area contributed by atoms with E-state index in [0.29, 0.717) is 24.4 Å². The van der Waals surface area contributed by atoms with Gasteiger partial charge in [0.15, 0.2) is 0 Å². The van der Waals surface area contributed by atoms with Gasteiger partial charge < -0.3 is 14.1 Å². The summed E-state index contributed by atoms with van der Waals surface area (Å²) >= 11 is 0. The van der Waals surface area contributed by atoms with E-state index in [1.807, 2.05) is 6.07 Å². The van der Waals surface area contributed by atoms with Crippen molar-refractivity contribution >= 4 is 17.7 Å². The lowest BCUT2D eigenvalue weighted by Gasteiger charge is -2.29.